The first-order valence-corrected chi connectivity index (χ1v) is 4.32. The number of hydrogen-bond donors (Lipinski definition) is 2. The molecule has 12 heavy (non-hydrogen) atoms. The van der Waals surface area contributed by atoms with E-state index >= 15 is 0 Å². The van der Waals surface area contributed by atoms with Crippen LogP contribution >= 0.6 is 0 Å². The van der Waals surface area contributed by atoms with Crippen LogP contribution in [0.25, 0.3) is 0 Å². The fourth-order valence-corrected chi connectivity index (χ4v) is 1.09. The smallest absolute Gasteiger partial charge is 0.0517 e. The summed E-state index contributed by atoms with van der Waals surface area (Å²) in [5.74, 6) is 0. The minimum absolute atomic E-state index is 0.0914. The minimum atomic E-state index is 0.0914. The van der Waals surface area contributed by atoms with Crippen molar-refractivity contribution in [1.82, 2.24) is 5.32 Å². The van der Waals surface area contributed by atoms with Gasteiger partial charge in [0.05, 0.1) is 6.17 Å². The van der Waals surface area contributed by atoms with Crippen LogP contribution in [0.2, 0.25) is 0 Å². The molecule has 0 spiro atoms. The second kappa shape index (κ2) is 4.91. The first-order valence-electron chi connectivity index (χ1n) is 4.32. The lowest BCUT2D eigenvalue weighted by Gasteiger charge is -2.07. The summed E-state index contributed by atoms with van der Waals surface area (Å²) in [6, 6.07) is 10.4. The van der Waals surface area contributed by atoms with Crippen molar-refractivity contribution in [2.24, 2.45) is 5.73 Å². The van der Waals surface area contributed by atoms with Crippen molar-refractivity contribution in [3.8, 4) is 0 Å². The second-order valence-electron chi connectivity index (χ2n) is 2.98. The molecule has 0 radical (unpaired) electrons. The maximum atomic E-state index is 5.55. The van der Waals surface area contributed by atoms with Gasteiger partial charge in [-0.15, -0.1) is 0 Å². The Morgan fingerprint density at radius 2 is 2.00 bits per heavy atom. The molecule has 0 bridgehead atoms. The Hall–Kier alpha value is -0.860. The molecule has 0 heterocycles. The molecule has 0 aliphatic heterocycles. The van der Waals surface area contributed by atoms with Crippen LogP contribution in [0.1, 0.15) is 12.5 Å². The van der Waals surface area contributed by atoms with Gasteiger partial charge in [0.2, 0.25) is 0 Å². The maximum absolute atomic E-state index is 5.55. The van der Waals surface area contributed by atoms with E-state index in [9.17, 15) is 0 Å². The molecule has 1 aromatic carbocycles. The monoisotopic (exact) mass is 164 g/mol. The summed E-state index contributed by atoms with van der Waals surface area (Å²) in [6.07, 6.45) is 1.14. The molecule has 0 fully saturated rings. The highest BCUT2D eigenvalue weighted by Gasteiger charge is 1.92. The van der Waals surface area contributed by atoms with E-state index in [1.807, 2.05) is 13.0 Å². The van der Waals surface area contributed by atoms with Crippen LogP contribution in [0.15, 0.2) is 30.3 Å². The number of nitrogens with two attached hydrogens (primary N) is 1. The lowest BCUT2D eigenvalue weighted by atomic mass is 10.1. The predicted octanol–water partition coefficient (Wildman–Crippen LogP) is 1.12. The zero-order chi connectivity index (χ0) is 8.81. The Labute approximate surface area is 73.8 Å². The highest BCUT2D eigenvalue weighted by molar-refractivity contribution is 5.14. The van der Waals surface area contributed by atoms with Gasteiger partial charge in [0, 0.05) is 6.54 Å². The van der Waals surface area contributed by atoms with E-state index in [2.05, 4.69) is 29.6 Å². The van der Waals surface area contributed by atoms with E-state index in [0.29, 0.717) is 0 Å². The molecule has 1 unspecified atom stereocenters. The van der Waals surface area contributed by atoms with Crippen LogP contribution < -0.4 is 11.1 Å². The zero-order valence-electron chi connectivity index (χ0n) is 7.46. The molecule has 2 nitrogen and oxygen atoms in total. The highest BCUT2D eigenvalue weighted by Crippen LogP contribution is 1.97. The van der Waals surface area contributed by atoms with Gasteiger partial charge in [-0.1, -0.05) is 30.3 Å². The van der Waals surface area contributed by atoms with Crippen LogP contribution in [-0.2, 0) is 6.42 Å². The number of nitrogens with one attached hydrogen (secondary N) is 1. The standard InChI is InChI=1S/C10H16N2/c1-9(11)12-8-7-10-5-3-2-4-6-10/h2-6,9,12H,7-8,11H2,1H3. The van der Waals surface area contributed by atoms with Gasteiger partial charge >= 0.3 is 0 Å². The van der Waals surface area contributed by atoms with Crippen LogP contribution in [0.3, 0.4) is 0 Å². The summed E-state index contributed by atoms with van der Waals surface area (Å²) in [6.45, 7) is 2.90. The number of rotatable bonds is 4. The second-order valence-corrected chi connectivity index (χ2v) is 2.98. The van der Waals surface area contributed by atoms with Crippen LogP contribution in [0.4, 0.5) is 0 Å². The van der Waals surface area contributed by atoms with Gasteiger partial charge in [-0.25, -0.2) is 0 Å². The quantitative estimate of drug-likeness (QED) is 0.654. The summed E-state index contributed by atoms with van der Waals surface area (Å²) in [7, 11) is 0. The van der Waals surface area contributed by atoms with Crippen LogP contribution in [0, 0.1) is 0 Å². The number of hydrogen-bond acceptors (Lipinski definition) is 2. The molecule has 0 saturated carbocycles. The summed E-state index contributed by atoms with van der Waals surface area (Å²) in [5.41, 5.74) is 6.90. The van der Waals surface area contributed by atoms with Crippen molar-refractivity contribution < 1.29 is 0 Å². The molecule has 0 aromatic heterocycles. The summed E-state index contributed by atoms with van der Waals surface area (Å²) >= 11 is 0. The molecule has 0 amide bonds. The molecule has 0 aliphatic carbocycles. The van der Waals surface area contributed by atoms with E-state index in [0.717, 1.165) is 13.0 Å². The molecule has 1 rings (SSSR count). The van der Waals surface area contributed by atoms with Crippen molar-refractivity contribution in [3.05, 3.63) is 35.9 Å². The fraction of sp³-hybridized carbons (Fsp3) is 0.400. The highest BCUT2D eigenvalue weighted by atomic mass is 15.0. The van der Waals surface area contributed by atoms with Gasteiger partial charge in [0.15, 0.2) is 0 Å². The zero-order valence-corrected chi connectivity index (χ0v) is 7.46. The molecule has 1 atom stereocenters. The average Bonchev–Trinajstić information content (AvgIpc) is 2.05. The fourth-order valence-electron chi connectivity index (χ4n) is 1.09. The summed E-state index contributed by atoms with van der Waals surface area (Å²) < 4.78 is 0. The van der Waals surface area contributed by atoms with Crippen molar-refractivity contribution in [3.63, 3.8) is 0 Å². The minimum Gasteiger partial charge on any atom is -0.316 e. The normalized spacial score (nSPS) is 12.8. The predicted molar refractivity (Wildman–Crippen MR) is 51.8 cm³/mol. The summed E-state index contributed by atoms with van der Waals surface area (Å²) in [5, 5.41) is 3.17. The molecule has 0 saturated heterocycles. The molecular formula is C10H16N2. The molecule has 1 aromatic rings. The molecule has 3 N–H and O–H groups in total. The van der Waals surface area contributed by atoms with E-state index in [1.54, 1.807) is 0 Å². The van der Waals surface area contributed by atoms with Crippen molar-refractivity contribution >= 4 is 0 Å². The topological polar surface area (TPSA) is 38.0 Å². The average molecular weight is 164 g/mol. The third-order valence-electron chi connectivity index (χ3n) is 1.72. The van der Waals surface area contributed by atoms with Gasteiger partial charge in [0.1, 0.15) is 0 Å². The van der Waals surface area contributed by atoms with E-state index in [1.165, 1.54) is 5.56 Å². The lowest BCUT2D eigenvalue weighted by molar-refractivity contribution is 0.569. The molecule has 66 valence electrons. The van der Waals surface area contributed by atoms with E-state index in [4.69, 9.17) is 5.73 Å². The molecular weight excluding hydrogens is 148 g/mol. The van der Waals surface area contributed by atoms with Crippen molar-refractivity contribution in [2.45, 2.75) is 19.5 Å². The Kier molecular flexibility index (Phi) is 3.77. The van der Waals surface area contributed by atoms with Gasteiger partial charge in [-0.3, -0.25) is 0 Å². The largest absolute Gasteiger partial charge is 0.316 e. The Morgan fingerprint density at radius 3 is 2.58 bits per heavy atom. The Balaban J connectivity index is 2.25. The molecule has 2 heteroatoms. The number of benzene rings is 1. The third-order valence-corrected chi connectivity index (χ3v) is 1.72. The first-order chi connectivity index (χ1) is 5.79. The third kappa shape index (κ3) is 3.51. The van der Waals surface area contributed by atoms with E-state index in [-0.39, 0.29) is 6.17 Å². The first kappa shape index (κ1) is 9.23. The molecule has 0 aliphatic rings. The van der Waals surface area contributed by atoms with Crippen LogP contribution in [-0.4, -0.2) is 12.7 Å². The maximum Gasteiger partial charge on any atom is 0.0517 e. The van der Waals surface area contributed by atoms with Gasteiger partial charge in [-0.05, 0) is 18.9 Å². The van der Waals surface area contributed by atoms with Crippen molar-refractivity contribution in [2.75, 3.05) is 6.54 Å². The van der Waals surface area contributed by atoms with E-state index < -0.39 is 0 Å². The summed E-state index contributed by atoms with van der Waals surface area (Å²) in [4.78, 5) is 0. The van der Waals surface area contributed by atoms with Crippen molar-refractivity contribution in [1.29, 1.82) is 0 Å². The van der Waals surface area contributed by atoms with Gasteiger partial charge in [-0.2, -0.15) is 0 Å². The van der Waals surface area contributed by atoms with Gasteiger partial charge in [0.25, 0.3) is 0 Å². The van der Waals surface area contributed by atoms with Gasteiger partial charge < -0.3 is 11.1 Å². The Bertz CT molecular complexity index is 206. The lowest BCUT2D eigenvalue weighted by Crippen LogP contribution is -2.35. The van der Waals surface area contributed by atoms with Crippen LogP contribution in [0.5, 0.6) is 0 Å². The SMILES string of the molecule is CC(N)NCCc1ccccc1. The Morgan fingerprint density at radius 1 is 1.33 bits per heavy atom.